The van der Waals surface area contributed by atoms with Gasteiger partial charge in [0.1, 0.15) is 6.04 Å². The van der Waals surface area contributed by atoms with E-state index in [4.69, 9.17) is 0 Å². The Morgan fingerprint density at radius 2 is 1.61 bits per heavy atom. The first-order chi connectivity index (χ1) is 16.8. The highest BCUT2D eigenvalue weighted by Gasteiger charge is 2.40. The molecule has 3 aromatic rings. The summed E-state index contributed by atoms with van der Waals surface area (Å²) in [6.07, 6.45) is -4.74. The summed E-state index contributed by atoms with van der Waals surface area (Å²) in [5.41, 5.74) is 1.27. The van der Waals surface area contributed by atoms with E-state index < -0.39 is 33.7 Å². The Balaban J connectivity index is 1.53. The van der Waals surface area contributed by atoms with Gasteiger partial charge in [0.05, 0.1) is 22.6 Å². The molecule has 1 heterocycles. The molecule has 0 radical (unpaired) electrons. The van der Waals surface area contributed by atoms with E-state index in [-0.39, 0.29) is 28.6 Å². The average molecular weight is 518 g/mol. The molecule has 0 saturated carbocycles. The van der Waals surface area contributed by atoms with Crippen molar-refractivity contribution in [3.63, 3.8) is 0 Å². The first-order valence-corrected chi connectivity index (χ1v) is 12.3. The zero-order valence-corrected chi connectivity index (χ0v) is 20.1. The minimum absolute atomic E-state index is 0.119. The van der Waals surface area contributed by atoms with E-state index in [9.17, 15) is 31.2 Å². The van der Waals surface area contributed by atoms with E-state index in [2.05, 4.69) is 10.0 Å². The van der Waals surface area contributed by atoms with Crippen LogP contribution in [0.3, 0.4) is 0 Å². The molecule has 0 spiro atoms. The summed E-state index contributed by atoms with van der Waals surface area (Å²) >= 11 is 0. The molecule has 2 N–H and O–H groups in total. The molecule has 188 valence electrons. The van der Waals surface area contributed by atoms with Crippen LogP contribution in [0, 0.1) is 13.8 Å². The maximum absolute atomic E-state index is 13.0. The summed E-state index contributed by atoms with van der Waals surface area (Å²) in [7, 11) is -4.24. The van der Waals surface area contributed by atoms with Crippen molar-refractivity contribution >= 4 is 38.9 Å². The second-order valence-corrected chi connectivity index (χ2v) is 10.2. The summed E-state index contributed by atoms with van der Waals surface area (Å²) in [5.74, 6) is -0.859. The summed E-state index contributed by atoms with van der Waals surface area (Å²) < 4.78 is 66.7. The molecule has 1 aliphatic heterocycles. The van der Waals surface area contributed by atoms with Crippen LogP contribution in [0.2, 0.25) is 0 Å². The van der Waals surface area contributed by atoms with Gasteiger partial charge in [-0.2, -0.15) is 13.2 Å². The molecule has 0 bridgehead atoms. The molecule has 7 nitrogen and oxygen atoms in total. The van der Waals surface area contributed by atoms with Gasteiger partial charge in [-0.15, -0.1) is 0 Å². The molecule has 1 saturated heterocycles. The van der Waals surface area contributed by atoms with Crippen LogP contribution in [-0.2, 0) is 25.8 Å². The molecule has 0 aromatic heterocycles. The molecular formula is C25H22F3N3O4S. The third-order valence-electron chi connectivity index (χ3n) is 5.67. The minimum atomic E-state index is -4.62. The van der Waals surface area contributed by atoms with Crippen molar-refractivity contribution in [2.75, 3.05) is 14.9 Å². The summed E-state index contributed by atoms with van der Waals surface area (Å²) in [5, 5.41) is 2.90. The molecule has 1 fully saturated rings. The Hall–Kier alpha value is -3.86. The van der Waals surface area contributed by atoms with Crippen LogP contribution in [0.5, 0.6) is 0 Å². The van der Waals surface area contributed by atoms with Gasteiger partial charge >= 0.3 is 6.18 Å². The predicted octanol–water partition coefficient (Wildman–Crippen LogP) is 4.87. The summed E-state index contributed by atoms with van der Waals surface area (Å²) in [4.78, 5) is 26.5. The fourth-order valence-electron chi connectivity index (χ4n) is 3.98. The highest BCUT2D eigenvalue weighted by molar-refractivity contribution is 7.92. The standard InChI is InChI=1S/C25H22F3N3O4S/c1-15-9-10-22(16(2)11-15)31-23(32)14-21(24(31)33)29-18-6-4-8-20(13-18)36(34,35)30-19-7-3-5-17(12-19)25(26,27)28/h3-13,21,29-30H,14H2,1-2H3/t21-/m0/s1. The molecule has 1 atom stereocenters. The number of anilines is 3. The van der Waals surface area contributed by atoms with Crippen LogP contribution in [0.1, 0.15) is 23.1 Å². The van der Waals surface area contributed by atoms with E-state index in [0.717, 1.165) is 28.2 Å². The topological polar surface area (TPSA) is 95.6 Å². The fraction of sp³-hybridized carbons (Fsp3) is 0.200. The van der Waals surface area contributed by atoms with E-state index in [1.807, 2.05) is 13.0 Å². The van der Waals surface area contributed by atoms with Crippen LogP contribution in [0.4, 0.5) is 30.2 Å². The molecule has 1 aliphatic rings. The van der Waals surface area contributed by atoms with E-state index in [1.54, 1.807) is 19.1 Å². The Kier molecular flexibility index (Phi) is 6.52. The second-order valence-electron chi connectivity index (χ2n) is 8.47. The fourth-order valence-corrected chi connectivity index (χ4v) is 5.08. The van der Waals surface area contributed by atoms with Crippen molar-refractivity contribution < 1.29 is 31.2 Å². The third-order valence-corrected chi connectivity index (χ3v) is 7.05. The number of amides is 2. The zero-order valence-electron chi connectivity index (χ0n) is 19.3. The lowest BCUT2D eigenvalue weighted by Gasteiger charge is -2.18. The first kappa shape index (κ1) is 25.2. The van der Waals surface area contributed by atoms with Gasteiger partial charge in [0.15, 0.2) is 0 Å². The van der Waals surface area contributed by atoms with Crippen molar-refractivity contribution in [1.82, 2.24) is 0 Å². The van der Waals surface area contributed by atoms with Crippen LogP contribution >= 0.6 is 0 Å². The summed E-state index contributed by atoms with van der Waals surface area (Å²) in [6, 6.07) is 13.8. The van der Waals surface area contributed by atoms with Crippen LogP contribution in [0.25, 0.3) is 0 Å². The largest absolute Gasteiger partial charge is 0.416 e. The van der Waals surface area contributed by atoms with Gasteiger partial charge in [-0.1, -0.05) is 29.8 Å². The van der Waals surface area contributed by atoms with E-state index >= 15 is 0 Å². The molecular weight excluding hydrogens is 495 g/mol. The molecule has 2 amide bonds. The maximum atomic E-state index is 13.0. The monoisotopic (exact) mass is 517 g/mol. The van der Waals surface area contributed by atoms with Gasteiger partial charge in [0.2, 0.25) is 5.91 Å². The number of alkyl halides is 3. The number of hydrogen-bond donors (Lipinski definition) is 2. The number of hydrogen-bond acceptors (Lipinski definition) is 5. The van der Waals surface area contributed by atoms with Crippen LogP contribution in [-0.4, -0.2) is 26.3 Å². The summed E-state index contributed by atoms with van der Waals surface area (Å²) in [6.45, 7) is 3.70. The van der Waals surface area contributed by atoms with Crippen molar-refractivity contribution in [2.45, 2.75) is 37.4 Å². The first-order valence-electron chi connectivity index (χ1n) is 10.9. The van der Waals surface area contributed by atoms with E-state index in [0.29, 0.717) is 11.8 Å². The lowest BCUT2D eigenvalue weighted by atomic mass is 10.1. The highest BCUT2D eigenvalue weighted by atomic mass is 32.2. The van der Waals surface area contributed by atoms with Gasteiger partial charge in [-0.25, -0.2) is 13.3 Å². The molecule has 0 unspecified atom stereocenters. The highest BCUT2D eigenvalue weighted by Crippen LogP contribution is 2.32. The van der Waals surface area contributed by atoms with E-state index in [1.165, 1.54) is 30.3 Å². The Morgan fingerprint density at radius 1 is 0.917 bits per heavy atom. The predicted molar refractivity (Wildman–Crippen MR) is 129 cm³/mol. The number of benzene rings is 3. The molecule has 36 heavy (non-hydrogen) atoms. The van der Waals surface area contributed by atoms with Gasteiger partial charge in [-0.3, -0.25) is 14.3 Å². The molecule has 3 aromatic carbocycles. The average Bonchev–Trinajstić information content (AvgIpc) is 3.06. The van der Waals surface area contributed by atoms with Gasteiger partial charge in [0, 0.05) is 11.4 Å². The lowest BCUT2D eigenvalue weighted by Crippen LogP contribution is -2.35. The molecule has 0 aliphatic carbocycles. The third kappa shape index (κ3) is 5.20. The molecule has 4 rings (SSSR count). The zero-order chi connectivity index (χ0) is 26.3. The molecule has 11 heteroatoms. The van der Waals surface area contributed by atoms with Gasteiger partial charge in [0.25, 0.3) is 15.9 Å². The van der Waals surface area contributed by atoms with Gasteiger partial charge in [-0.05, 0) is 61.9 Å². The number of rotatable bonds is 6. The Bertz CT molecular complexity index is 1450. The van der Waals surface area contributed by atoms with Crippen molar-refractivity contribution in [3.05, 3.63) is 83.4 Å². The van der Waals surface area contributed by atoms with Crippen molar-refractivity contribution in [2.24, 2.45) is 0 Å². The normalized spacial score (nSPS) is 16.4. The number of carbonyl (C=O) groups excluding carboxylic acids is 2. The van der Waals surface area contributed by atoms with Crippen molar-refractivity contribution in [1.29, 1.82) is 0 Å². The van der Waals surface area contributed by atoms with Gasteiger partial charge < -0.3 is 5.32 Å². The number of nitrogens with one attached hydrogen (secondary N) is 2. The smallest absolute Gasteiger partial charge is 0.373 e. The second kappa shape index (κ2) is 9.30. The lowest BCUT2D eigenvalue weighted by molar-refractivity contribution is -0.137. The number of halogens is 3. The number of nitrogens with zero attached hydrogens (tertiary/aromatic N) is 1. The quantitative estimate of drug-likeness (QED) is 0.455. The SMILES string of the molecule is Cc1ccc(N2C(=O)C[C@H](Nc3cccc(S(=O)(=O)Nc4cccc(C(F)(F)F)c4)c3)C2=O)c(C)c1. The Morgan fingerprint density at radius 3 is 2.31 bits per heavy atom. The Labute approximate surface area is 206 Å². The number of aryl methyl sites for hydroxylation is 2. The van der Waals surface area contributed by atoms with Crippen molar-refractivity contribution in [3.8, 4) is 0 Å². The number of imide groups is 1. The number of carbonyl (C=O) groups is 2. The number of sulfonamides is 1. The maximum Gasteiger partial charge on any atom is 0.416 e. The van der Waals surface area contributed by atoms with Crippen LogP contribution in [0.15, 0.2) is 71.6 Å². The van der Waals surface area contributed by atoms with Crippen LogP contribution < -0.4 is 14.9 Å². The minimum Gasteiger partial charge on any atom is -0.373 e.